The van der Waals surface area contributed by atoms with E-state index >= 15 is 0 Å². The highest BCUT2D eigenvalue weighted by molar-refractivity contribution is 6.01. The molecule has 5 aromatic rings. The van der Waals surface area contributed by atoms with Crippen molar-refractivity contribution in [3.05, 3.63) is 167 Å². The molecule has 614 valence electrons. The van der Waals surface area contributed by atoms with Gasteiger partial charge in [0, 0.05) is 38.5 Å². The predicted molar refractivity (Wildman–Crippen MR) is 407 cm³/mol. The van der Waals surface area contributed by atoms with Gasteiger partial charge in [0.2, 0.25) is 76.8 Å². The van der Waals surface area contributed by atoms with Crippen LogP contribution in [0, 0.1) is 5.92 Å². The highest BCUT2D eigenvalue weighted by Gasteiger charge is 2.38. The number of phenols is 2. The molecule has 0 aliphatic carbocycles. The number of carbonyl (C=O) groups is 16. The van der Waals surface area contributed by atoms with Crippen LogP contribution in [0.2, 0.25) is 0 Å². The largest absolute Gasteiger partial charge is 0.508 e. The van der Waals surface area contributed by atoms with Gasteiger partial charge in [-0.15, -0.1) is 0 Å². The molecule has 37 nitrogen and oxygen atoms in total. The normalized spacial score (nSPS) is 14.1. The van der Waals surface area contributed by atoms with Gasteiger partial charge in [-0.25, -0.2) is 4.79 Å². The van der Waals surface area contributed by atoms with Crippen molar-refractivity contribution in [3.63, 3.8) is 0 Å². The fourth-order valence-corrected chi connectivity index (χ4v) is 11.4. The van der Waals surface area contributed by atoms with E-state index < -0.39 is 218 Å². The van der Waals surface area contributed by atoms with E-state index in [1.54, 1.807) is 91.0 Å². The summed E-state index contributed by atoms with van der Waals surface area (Å²) < 4.78 is 0. The molecule has 0 spiro atoms. The lowest BCUT2D eigenvalue weighted by molar-refractivity contribution is -0.144. The average Bonchev–Trinajstić information content (AvgIpc) is 0.851. The molecule has 12 atom stereocenters. The minimum absolute atomic E-state index is 0.0821. The van der Waals surface area contributed by atoms with Crippen LogP contribution in [0.1, 0.15) is 93.5 Å². The molecule has 5 aromatic carbocycles. The van der Waals surface area contributed by atoms with Crippen molar-refractivity contribution < 1.29 is 107 Å². The number of aromatic hydroxyl groups is 2. The number of aliphatic hydroxyl groups is 1. The van der Waals surface area contributed by atoms with Gasteiger partial charge in [0.25, 0.3) is 0 Å². The third-order valence-corrected chi connectivity index (χ3v) is 17.6. The number of phenolic OH excluding ortho intramolecular Hbond substituents is 2. The quantitative estimate of drug-likeness (QED) is 0.0168. The third kappa shape index (κ3) is 32.2. The molecule has 0 unspecified atom stereocenters. The number of nitrogens with one attached hydrogen (secondary N) is 12. The van der Waals surface area contributed by atoms with Crippen molar-refractivity contribution in [2.75, 3.05) is 19.7 Å². The summed E-state index contributed by atoms with van der Waals surface area (Å²) in [5.74, 6) is -19.8. The van der Waals surface area contributed by atoms with Crippen LogP contribution in [0.25, 0.3) is 0 Å². The van der Waals surface area contributed by atoms with Gasteiger partial charge < -0.3 is 112 Å². The number of rotatable bonds is 48. The van der Waals surface area contributed by atoms with E-state index in [2.05, 4.69) is 63.8 Å². The number of carboxylic acids is 3. The van der Waals surface area contributed by atoms with Gasteiger partial charge in [0.05, 0.1) is 32.0 Å². The number of unbranched alkanes of at least 4 members (excludes halogenated alkanes) is 1. The number of benzene rings is 5. The Labute approximate surface area is 655 Å². The van der Waals surface area contributed by atoms with E-state index in [1.165, 1.54) is 69.3 Å². The molecular formula is C77H99N15O22. The topological polar surface area (TPSA) is 617 Å². The first-order chi connectivity index (χ1) is 54.1. The SMILES string of the molecule is CC(C)[C@H](NC(=O)[C@H](CC(=O)O)NC(=O)[C@H](Cc1ccccc1)NC(=O)[C@H](Cc1ccccc1)NC(=O)[C@H](CCC(=O)O)NC(=O)[C@H](Cc1ccc(O)cc1)NC(=O)[C@H](CC(N)=O)NC(=O)CNC(=O)[C@H](Cc1ccccc1)NC(=O)[C@H](CO)NC(=O)[C@H](Cc1ccc(O)cc1)NC(=O)[C@H](CCCCN)NC(=O)[C@H](C)N)C(=O)O. The molecule has 24 N–H and O–H groups in total. The number of primary amides is 1. The highest BCUT2D eigenvalue weighted by atomic mass is 16.4. The van der Waals surface area contributed by atoms with Crippen LogP contribution in [0.5, 0.6) is 11.5 Å². The lowest BCUT2D eigenvalue weighted by Gasteiger charge is -2.28. The van der Waals surface area contributed by atoms with E-state index in [-0.39, 0.29) is 55.7 Å². The van der Waals surface area contributed by atoms with Gasteiger partial charge in [-0.05, 0) is 97.2 Å². The van der Waals surface area contributed by atoms with Gasteiger partial charge >= 0.3 is 17.9 Å². The summed E-state index contributed by atoms with van der Waals surface area (Å²) in [6.07, 6.45) is -4.29. The molecule has 13 amide bonds. The van der Waals surface area contributed by atoms with Crippen LogP contribution in [0.3, 0.4) is 0 Å². The van der Waals surface area contributed by atoms with Crippen molar-refractivity contribution in [2.45, 2.75) is 170 Å². The summed E-state index contributed by atoms with van der Waals surface area (Å²) in [7, 11) is 0. The average molecular weight is 1590 g/mol. The first-order valence-corrected chi connectivity index (χ1v) is 36.4. The minimum atomic E-state index is -1.96. The number of hydrogen-bond acceptors (Lipinski definition) is 21. The first kappa shape index (κ1) is 91.7. The Morgan fingerprint density at radius 2 is 0.684 bits per heavy atom. The van der Waals surface area contributed by atoms with Gasteiger partial charge in [0.15, 0.2) is 0 Å². The molecule has 114 heavy (non-hydrogen) atoms. The molecular weight excluding hydrogens is 1490 g/mol. The van der Waals surface area contributed by atoms with Crippen molar-refractivity contribution in [1.82, 2.24) is 63.8 Å². The number of hydrogen-bond donors (Lipinski definition) is 21. The maximum atomic E-state index is 14.8. The Balaban J connectivity index is 1.39. The molecule has 0 bridgehead atoms. The fraction of sp³-hybridized carbons (Fsp3) is 0.403. The van der Waals surface area contributed by atoms with Crippen molar-refractivity contribution >= 4 is 94.7 Å². The Morgan fingerprint density at radius 3 is 1.04 bits per heavy atom. The van der Waals surface area contributed by atoms with Crippen molar-refractivity contribution in [1.29, 1.82) is 0 Å². The van der Waals surface area contributed by atoms with Crippen molar-refractivity contribution in [3.8, 4) is 11.5 Å². The molecule has 0 aliphatic heterocycles. The number of amides is 13. The first-order valence-electron chi connectivity index (χ1n) is 36.4. The maximum Gasteiger partial charge on any atom is 0.326 e. The third-order valence-electron chi connectivity index (χ3n) is 17.6. The second kappa shape index (κ2) is 46.7. The van der Waals surface area contributed by atoms with Gasteiger partial charge in [-0.3, -0.25) is 71.9 Å². The number of nitrogens with two attached hydrogens (primary N) is 3. The number of aliphatic hydroxyl groups excluding tert-OH is 1. The molecule has 5 rings (SSSR count). The molecule has 0 aliphatic rings. The second-order valence-electron chi connectivity index (χ2n) is 27.2. The zero-order valence-electron chi connectivity index (χ0n) is 62.8. The van der Waals surface area contributed by atoms with E-state index in [4.69, 9.17) is 17.2 Å². The Morgan fingerprint density at radius 1 is 0.360 bits per heavy atom. The Kier molecular flexibility index (Phi) is 37.6. The highest BCUT2D eigenvalue weighted by Crippen LogP contribution is 2.17. The van der Waals surface area contributed by atoms with Crippen LogP contribution in [-0.2, 0) is 109 Å². The zero-order chi connectivity index (χ0) is 84.1. The Hall–Kier alpha value is -12.9. The monoisotopic (exact) mass is 1590 g/mol. The lowest BCUT2D eigenvalue weighted by Crippen LogP contribution is -2.61. The second-order valence-corrected chi connectivity index (χ2v) is 27.2. The summed E-state index contributed by atoms with van der Waals surface area (Å²) in [4.78, 5) is 219. The number of carbonyl (C=O) groups excluding carboxylic acids is 13. The Bertz CT molecular complexity index is 4120. The van der Waals surface area contributed by atoms with Crippen molar-refractivity contribution in [2.24, 2.45) is 23.1 Å². The van der Waals surface area contributed by atoms with Crippen LogP contribution < -0.4 is 81.0 Å². The zero-order valence-corrected chi connectivity index (χ0v) is 62.8. The molecule has 0 radical (unpaired) electrons. The van der Waals surface area contributed by atoms with Gasteiger partial charge in [0.1, 0.15) is 78.0 Å². The van der Waals surface area contributed by atoms with Crippen LogP contribution >= 0.6 is 0 Å². The summed E-state index contributed by atoms with van der Waals surface area (Å²) >= 11 is 0. The number of carboxylic acid groups (broad SMARTS) is 3. The molecule has 0 heterocycles. The van der Waals surface area contributed by atoms with Crippen LogP contribution in [-0.4, -0.2) is 218 Å². The molecule has 0 fully saturated rings. The summed E-state index contributed by atoms with van der Waals surface area (Å²) in [6, 6.07) is 15.1. The standard InChI is InChI=1S/C77H99N15O22/c1-42(2)65(77(113)114)92-75(111)59(39-64(100)101)90-72(108)55(35-46-19-11-6-12-20-46)88-71(107)54(34-45-17-9-5-10-18-45)87-69(105)52(30-31-63(98)99)84-70(106)56(36-47-22-26-49(94)27-23-47)89-74(110)58(38-61(80)96)82-62(97)40-81-67(103)53(33-44-15-7-4-8-16-44)85-76(112)60(41-93)91-73(109)57(37-48-24-28-50(95)29-25-48)86-68(104)51(21-13-14-32-78)83-66(102)43(3)79/h4-12,15-20,22-29,42-43,51-60,65,93-95H,13-14,21,30-41,78-79H2,1-3H3,(H2,80,96)(H,81,103)(H,82,97)(H,83,102)(H,84,106)(H,85,112)(H,86,104)(H,87,105)(H,88,107)(H,89,110)(H,90,108)(H,91,109)(H,92,111)(H,98,99)(H,100,101)(H,113,114)/t43-,51-,52-,53-,54-,55-,56-,57-,58-,59-,60-,65-/m0/s1. The molecule has 37 heteroatoms. The summed E-state index contributed by atoms with van der Waals surface area (Å²) in [5.41, 5.74) is 18.9. The van der Waals surface area contributed by atoms with Crippen LogP contribution in [0.4, 0.5) is 0 Å². The van der Waals surface area contributed by atoms with E-state index in [1.807, 2.05) is 0 Å². The van der Waals surface area contributed by atoms with Gasteiger partial charge in [-0.1, -0.05) is 129 Å². The molecule has 0 saturated carbocycles. The summed E-state index contributed by atoms with van der Waals surface area (Å²) in [5, 5.41) is 89.2. The van der Waals surface area contributed by atoms with Crippen LogP contribution in [0.15, 0.2) is 140 Å². The lowest BCUT2D eigenvalue weighted by atomic mass is 10.0. The van der Waals surface area contributed by atoms with E-state index in [0.717, 1.165) is 0 Å². The number of aliphatic carboxylic acids is 3. The van der Waals surface area contributed by atoms with E-state index in [0.29, 0.717) is 35.1 Å². The van der Waals surface area contributed by atoms with Gasteiger partial charge in [-0.2, -0.15) is 0 Å². The smallest absolute Gasteiger partial charge is 0.326 e. The maximum absolute atomic E-state index is 14.8. The summed E-state index contributed by atoms with van der Waals surface area (Å²) in [6.45, 7) is 2.53. The predicted octanol–water partition coefficient (Wildman–Crippen LogP) is -3.52. The molecule has 0 saturated heterocycles. The molecule has 0 aromatic heterocycles. The fourth-order valence-electron chi connectivity index (χ4n) is 11.4. The van der Waals surface area contributed by atoms with E-state index in [9.17, 15) is 107 Å². The minimum Gasteiger partial charge on any atom is -0.508 e.